The highest BCUT2D eigenvalue weighted by molar-refractivity contribution is 7.98. The van der Waals surface area contributed by atoms with E-state index >= 15 is 0 Å². The molecule has 3 rings (SSSR count). The fraction of sp³-hybridized carbons (Fsp3) is 0.360. The van der Waals surface area contributed by atoms with Crippen LogP contribution in [0.5, 0.6) is 0 Å². The van der Waals surface area contributed by atoms with Crippen LogP contribution >= 0.6 is 23.4 Å². The summed E-state index contributed by atoms with van der Waals surface area (Å²) in [6.07, 6.45) is 6.88. The second-order valence-electron chi connectivity index (χ2n) is 7.73. The average molecular weight is 472 g/mol. The fourth-order valence-corrected chi connectivity index (χ4v) is 4.34. The largest absolute Gasteiger partial charge is 0.340 e. The molecule has 5 nitrogen and oxygen atoms in total. The Morgan fingerprint density at radius 2 is 1.75 bits per heavy atom. The summed E-state index contributed by atoms with van der Waals surface area (Å²) < 4.78 is 0. The van der Waals surface area contributed by atoms with Gasteiger partial charge in [0.1, 0.15) is 6.04 Å². The molecule has 32 heavy (non-hydrogen) atoms. The van der Waals surface area contributed by atoms with E-state index in [9.17, 15) is 9.59 Å². The van der Waals surface area contributed by atoms with Gasteiger partial charge in [0.05, 0.1) is 10.6 Å². The molecular formula is C25H30ClN3O2S. The topological polar surface area (TPSA) is 52.7 Å². The molecule has 1 heterocycles. The zero-order valence-corrected chi connectivity index (χ0v) is 19.9. The normalized spacial score (nSPS) is 15.6. The van der Waals surface area contributed by atoms with Crippen LogP contribution in [0.25, 0.3) is 6.08 Å². The fourth-order valence-electron chi connectivity index (χ4n) is 3.65. The molecule has 0 saturated carbocycles. The van der Waals surface area contributed by atoms with Gasteiger partial charge in [-0.3, -0.25) is 14.5 Å². The van der Waals surface area contributed by atoms with Gasteiger partial charge in [-0.25, -0.2) is 0 Å². The molecular weight excluding hydrogens is 442 g/mol. The van der Waals surface area contributed by atoms with E-state index < -0.39 is 6.04 Å². The number of carbonyl (C=O) groups is 2. The minimum absolute atomic E-state index is 0.0149. The third-order valence-corrected chi connectivity index (χ3v) is 6.46. The first-order chi connectivity index (χ1) is 15.6. The van der Waals surface area contributed by atoms with Gasteiger partial charge in [0, 0.05) is 32.7 Å². The van der Waals surface area contributed by atoms with Crippen LogP contribution in [-0.4, -0.2) is 72.4 Å². The number of amides is 2. The SMILES string of the molecule is CSCCC(NC(=O)c1ccccc1Cl)C(=O)N1CCN(C/C=C/c2ccccc2)CC1. The van der Waals surface area contributed by atoms with Crippen molar-refractivity contribution >= 4 is 41.3 Å². The standard InChI is InChI=1S/C25H30ClN3O2S/c1-32-19-13-23(27-24(30)21-11-5-6-12-22(21)26)25(31)29-17-15-28(16-18-29)14-7-10-20-8-3-2-4-9-20/h2-12,23H,13-19H2,1H3,(H,27,30)/b10-7+. The number of rotatable bonds is 9. The van der Waals surface area contributed by atoms with Gasteiger partial charge in [0.25, 0.3) is 5.91 Å². The van der Waals surface area contributed by atoms with Crippen molar-refractivity contribution in [2.75, 3.05) is 44.7 Å². The average Bonchev–Trinajstić information content (AvgIpc) is 2.82. The monoisotopic (exact) mass is 471 g/mol. The number of benzene rings is 2. The van der Waals surface area contributed by atoms with Gasteiger partial charge in [0.15, 0.2) is 0 Å². The highest BCUT2D eigenvalue weighted by atomic mass is 35.5. The molecule has 1 aliphatic rings. The van der Waals surface area contributed by atoms with Gasteiger partial charge in [-0.15, -0.1) is 0 Å². The van der Waals surface area contributed by atoms with Crippen molar-refractivity contribution in [1.29, 1.82) is 0 Å². The number of thioether (sulfide) groups is 1. The predicted molar refractivity (Wildman–Crippen MR) is 134 cm³/mol. The summed E-state index contributed by atoms with van der Waals surface area (Å²) >= 11 is 7.82. The van der Waals surface area contributed by atoms with Gasteiger partial charge in [0.2, 0.25) is 5.91 Å². The minimum Gasteiger partial charge on any atom is -0.340 e. The van der Waals surface area contributed by atoms with E-state index in [1.807, 2.05) is 29.4 Å². The van der Waals surface area contributed by atoms with E-state index in [0.29, 0.717) is 30.1 Å². The molecule has 2 aromatic rings. The molecule has 1 N–H and O–H groups in total. The molecule has 1 aliphatic heterocycles. The zero-order valence-electron chi connectivity index (χ0n) is 18.4. The Hall–Kier alpha value is -2.28. The van der Waals surface area contributed by atoms with Gasteiger partial charge < -0.3 is 10.2 Å². The van der Waals surface area contributed by atoms with E-state index in [0.717, 1.165) is 25.4 Å². The maximum atomic E-state index is 13.2. The molecule has 2 aromatic carbocycles. The number of hydrogen-bond acceptors (Lipinski definition) is 4. The Bertz CT molecular complexity index is 914. The Kier molecular flexibility index (Phi) is 9.65. The lowest BCUT2D eigenvalue weighted by Crippen LogP contribution is -2.55. The maximum absolute atomic E-state index is 13.2. The van der Waals surface area contributed by atoms with Crippen molar-refractivity contribution in [2.24, 2.45) is 0 Å². The second-order valence-corrected chi connectivity index (χ2v) is 9.12. The first-order valence-electron chi connectivity index (χ1n) is 10.9. The number of piperazine rings is 1. The molecule has 0 aromatic heterocycles. The Labute approximate surface area is 199 Å². The minimum atomic E-state index is -0.546. The van der Waals surface area contributed by atoms with E-state index in [-0.39, 0.29) is 11.8 Å². The lowest BCUT2D eigenvalue weighted by atomic mass is 10.1. The van der Waals surface area contributed by atoms with Gasteiger partial charge >= 0.3 is 0 Å². The van der Waals surface area contributed by atoms with Gasteiger partial charge in [-0.2, -0.15) is 11.8 Å². The first-order valence-corrected chi connectivity index (χ1v) is 12.6. The van der Waals surface area contributed by atoms with Crippen molar-refractivity contribution in [3.63, 3.8) is 0 Å². The maximum Gasteiger partial charge on any atom is 0.253 e. The smallest absolute Gasteiger partial charge is 0.253 e. The molecule has 0 bridgehead atoms. The van der Waals surface area contributed by atoms with Crippen molar-refractivity contribution in [3.8, 4) is 0 Å². The van der Waals surface area contributed by atoms with Crippen LogP contribution in [0.15, 0.2) is 60.7 Å². The number of halogens is 1. The summed E-state index contributed by atoms with van der Waals surface area (Å²) in [4.78, 5) is 30.1. The van der Waals surface area contributed by atoms with E-state index in [2.05, 4.69) is 34.5 Å². The summed E-state index contributed by atoms with van der Waals surface area (Å²) in [5.74, 6) is 0.474. The van der Waals surface area contributed by atoms with Gasteiger partial charge in [-0.05, 0) is 36.1 Å². The Balaban J connectivity index is 1.53. The van der Waals surface area contributed by atoms with Crippen LogP contribution in [0.3, 0.4) is 0 Å². The number of nitrogens with zero attached hydrogens (tertiary/aromatic N) is 2. The predicted octanol–water partition coefficient (Wildman–Crippen LogP) is 4.05. The van der Waals surface area contributed by atoms with Crippen LogP contribution in [0.4, 0.5) is 0 Å². The Morgan fingerprint density at radius 3 is 2.44 bits per heavy atom. The zero-order chi connectivity index (χ0) is 22.8. The van der Waals surface area contributed by atoms with Crippen LogP contribution in [0.1, 0.15) is 22.3 Å². The molecule has 0 spiro atoms. The molecule has 1 atom stereocenters. The molecule has 0 radical (unpaired) electrons. The lowest BCUT2D eigenvalue weighted by molar-refractivity contribution is -0.135. The molecule has 170 valence electrons. The van der Waals surface area contributed by atoms with Crippen molar-refractivity contribution in [2.45, 2.75) is 12.5 Å². The highest BCUT2D eigenvalue weighted by Crippen LogP contribution is 2.16. The quantitative estimate of drug-likeness (QED) is 0.599. The van der Waals surface area contributed by atoms with Crippen LogP contribution < -0.4 is 5.32 Å². The third-order valence-electron chi connectivity index (χ3n) is 5.49. The third kappa shape index (κ3) is 7.12. The number of nitrogens with one attached hydrogen (secondary N) is 1. The van der Waals surface area contributed by atoms with Crippen LogP contribution in [0.2, 0.25) is 5.02 Å². The summed E-state index contributed by atoms with van der Waals surface area (Å²) in [5, 5.41) is 3.30. The highest BCUT2D eigenvalue weighted by Gasteiger charge is 2.28. The summed E-state index contributed by atoms with van der Waals surface area (Å²) in [6, 6.07) is 16.6. The Morgan fingerprint density at radius 1 is 1.06 bits per heavy atom. The number of hydrogen-bond donors (Lipinski definition) is 1. The van der Waals surface area contributed by atoms with Gasteiger partial charge in [-0.1, -0.05) is 66.2 Å². The summed E-state index contributed by atoms with van der Waals surface area (Å²) in [5.41, 5.74) is 1.58. The lowest BCUT2D eigenvalue weighted by Gasteiger charge is -2.36. The molecule has 1 saturated heterocycles. The van der Waals surface area contributed by atoms with Crippen LogP contribution in [-0.2, 0) is 4.79 Å². The first kappa shape index (κ1) is 24.4. The van der Waals surface area contributed by atoms with Crippen LogP contribution in [0, 0.1) is 0 Å². The van der Waals surface area contributed by atoms with Crippen molar-refractivity contribution in [3.05, 3.63) is 76.8 Å². The molecule has 7 heteroatoms. The van der Waals surface area contributed by atoms with E-state index in [1.54, 1.807) is 36.0 Å². The molecule has 2 amide bonds. The second kappa shape index (κ2) is 12.7. The summed E-state index contributed by atoms with van der Waals surface area (Å²) in [7, 11) is 0. The van der Waals surface area contributed by atoms with Crippen molar-refractivity contribution in [1.82, 2.24) is 15.1 Å². The molecule has 1 fully saturated rings. The van der Waals surface area contributed by atoms with E-state index in [4.69, 9.17) is 11.6 Å². The van der Waals surface area contributed by atoms with E-state index in [1.165, 1.54) is 5.56 Å². The van der Waals surface area contributed by atoms with Crippen molar-refractivity contribution < 1.29 is 9.59 Å². The molecule has 1 unspecified atom stereocenters. The number of carbonyl (C=O) groups excluding carboxylic acids is 2. The molecule has 0 aliphatic carbocycles. The summed E-state index contributed by atoms with van der Waals surface area (Å²) in [6.45, 7) is 3.82.